The van der Waals surface area contributed by atoms with Crippen LogP contribution in [0.3, 0.4) is 0 Å². The maximum atomic E-state index is 11.8. The Bertz CT molecular complexity index is 438. The molecule has 0 N–H and O–H groups in total. The van der Waals surface area contributed by atoms with Gasteiger partial charge in [0.25, 0.3) is 0 Å². The predicted octanol–water partition coefficient (Wildman–Crippen LogP) is 1.76. The van der Waals surface area contributed by atoms with E-state index in [1.54, 1.807) is 4.90 Å². The summed E-state index contributed by atoms with van der Waals surface area (Å²) in [6.45, 7) is 1.90. The number of ether oxygens (including phenoxy) is 2. The molecule has 0 unspecified atom stereocenters. The molecule has 104 valence electrons. The van der Waals surface area contributed by atoms with Crippen LogP contribution >= 0.6 is 11.6 Å². The van der Waals surface area contributed by atoms with Gasteiger partial charge in [-0.25, -0.2) is 0 Å². The van der Waals surface area contributed by atoms with E-state index in [0.29, 0.717) is 19.7 Å². The van der Waals surface area contributed by atoms with Gasteiger partial charge in [0.2, 0.25) is 5.91 Å². The van der Waals surface area contributed by atoms with Gasteiger partial charge in [0.15, 0.2) is 0 Å². The third-order valence-corrected chi connectivity index (χ3v) is 3.53. The molecule has 0 bridgehead atoms. The molecule has 1 aromatic rings. The lowest BCUT2D eigenvalue weighted by atomic mass is 10.1. The van der Waals surface area contributed by atoms with Crippen LogP contribution in [0.15, 0.2) is 24.3 Å². The molecular weight excluding hydrogens is 266 g/mol. The van der Waals surface area contributed by atoms with Crippen molar-refractivity contribution in [3.63, 3.8) is 0 Å². The second kappa shape index (κ2) is 6.89. The van der Waals surface area contributed by atoms with Gasteiger partial charge in [-0.15, -0.1) is 0 Å². The average Bonchev–Trinajstić information content (AvgIpc) is 2.42. The number of rotatable bonds is 4. The molecule has 2 rings (SSSR count). The van der Waals surface area contributed by atoms with Crippen molar-refractivity contribution in [3.05, 3.63) is 34.9 Å². The standard InChI is InChI=1S/C14H18ClNO3/c1-18-10-14(17)16-6-7-19-12(9-16)8-11-4-2-3-5-13(11)15/h2-5,12H,6-10H2,1H3/t12-/m0/s1. The Morgan fingerprint density at radius 3 is 3.05 bits per heavy atom. The summed E-state index contributed by atoms with van der Waals surface area (Å²) in [5.41, 5.74) is 1.05. The van der Waals surface area contributed by atoms with E-state index in [9.17, 15) is 4.79 Å². The molecule has 1 saturated heterocycles. The summed E-state index contributed by atoms with van der Waals surface area (Å²) in [5, 5.41) is 0.742. The van der Waals surface area contributed by atoms with Gasteiger partial charge < -0.3 is 14.4 Å². The van der Waals surface area contributed by atoms with E-state index < -0.39 is 0 Å². The lowest BCUT2D eigenvalue weighted by molar-refractivity contribution is -0.142. The fourth-order valence-corrected chi connectivity index (χ4v) is 2.41. The second-order valence-electron chi connectivity index (χ2n) is 4.56. The first kappa shape index (κ1) is 14.3. The number of carbonyl (C=O) groups excluding carboxylic acids is 1. The number of nitrogens with zero attached hydrogens (tertiary/aromatic N) is 1. The van der Waals surface area contributed by atoms with Crippen LogP contribution in [-0.4, -0.2) is 50.3 Å². The molecule has 0 aromatic heterocycles. The highest BCUT2D eigenvalue weighted by atomic mass is 35.5. The molecule has 0 spiro atoms. The molecule has 1 fully saturated rings. The first-order chi connectivity index (χ1) is 9.20. The minimum atomic E-state index is -0.00513. The van der Waals surface area contributed by atoms with Gasteiger partial charge in [0.1, 0.15) is 6.61 Å². The zero-order valence-electron chi connectivity index (χ0n) is 11.0. The van der Waals surface area contributed by atoms with Gasteiger partial charge in [-0.05, 0) is 11.6 Å². The van der Waals surface area contributed by atoms with Crippen molar-refractivity contribution in [2.75, 3.05) is 33.4 Å². The monoisotopic (exact) mass is 283 g/mol. The van der Waals surface area contributed by atoms with Gasteiger partial charge >= 0.3 is 0 Å². The number of morpholine rings is 1. The van der Waals surface area contributed by atoms with E-state index in [4.69, 9.17) is 21.1 Å². The summed E-state index contributed by atoms with van der Waals surface area (Å²) >= 11 is 6.14. The Hall–Kier alpha value is -1.10. The van der Waals surface area contributed by atoms with Crippen molar-refractivity contribution in [1.29, 1.82) is 0 Å². The van der Waals surface area contributed by atoms with Crippen molar-refractivity contribution in [1.82, 2.24) is 4.90 Å². The normalized spacial score (nSPS) is 19.5. The Morgan fingerprint density at radius 1 is 1.53 bits per heavy atom. The van der Waals surface area contributed by atoms with E-state index in [0.717, 1.165) is 17.0 Å². The van der Waals surface area contributed by atoms with Crippen molar-refractivity contribution >= 4 is 17.5 Å². The number of benzene rings is 1. The fraction of sp³-hybridized carbons (Fsp3) is 0.500. The van der Waals surface area contributed by atoms with E-state index in [1.165, 1.54) is 7.11 Å². The lowest BCUT2D eigenvalue weighted by Gasteiger charge is -2.33. The number of hydrogen-bond donors (Lipinski definition) is 0. The minimum Gasteiger partial charge on any atom is -0.375 e. The van der Waals surface area contributed by atoms with Crippen LogP contribution in [0.1, 0.15) is 5.56 Å². The fourth-order valence-electron chi connectivity index (χ4n) is 2.19. The SMILES string of the molecule is COCC(=O)N1CCO[C@@H](Cc2ccccc2Cl)C1. The molecule has 1 amide bonds. The molecule has 0 saturated carbocycles. The van der Waals surface area contributed by atoms with Crippen molar-refractivity contribution in [2.24, 2.45) is 0 Å². The van der Waals surface area contributed by atoms with Gasteiger partial charge in [0, 0.05) is 31.6 Å². The molecule has 1 aliphatic rings. The quantitative estimate of drug-likeness (QED) is 0.845. The van der Waals surface area contributed by atoms with Gasteiger partial charge in [-0.2, -0.15) is 0 Å². The molecule has 1 heterocycles. The summed E-state index contributed by atoms with van der Waals surface area (Å²) in [7, 11) is 1.53. The zero-order chi connectivity index (χ0) is 13.7. The number of methoxy groups -OCH3 is 1. The Balaban J connectivity index is 1.94. The first-order valence-corrected chi connectivity index (χ1v) is 6.70. The smallest absolute Gasteiger partial charge is 0.248 e. The highest BCUT2D eigenvalue weighted by molar-refractivity contribution is 6.31. The van der Waals surface area contributed by atoms with Crippen LogP contribution in [0.2, 0.25) is 5.02 Å². The molecule has 5 heteroatoms. The van der Waals surface area contributed by atoms with Gasteiger partial charge in [-0.3, -0.25) is 4.79 Å². The first-order valence-electron chi connectivity index (χ1n) is 6.32. The van der Waals surface area contributed by atoms with Crippen LogP contribution in [-0.2, 0) is 20.7 Å². The molecule has 1 aromatic carbocycles. The van der Waals surface area contributed by atoms with Crippen LogP contribution in [0.4, 0.5) is 0 Å². The summed E-state index contributed by atoms with van der Waals surface area (Å²) in [6, 6.07) is 7.72. The molecule has 0 radical (unpaired) electrons. The summed E-state index contributed by atoms with van der Waals surface area (Å²) < 4.78 is 10.6. The zero-order valence-corrected chi connectivity index (χ0v) is 11.7. The summed E-state index contributed by atoms with van der Waals surface area (Å²) in [5.74, 6) is 0.00922. The number of amides is 1. The molecule has 19 heavy (non-hydrogen) atoms. The van der Waals surface area contributed by atoms with Gasteiger partial charge in [0.05, 0.1) is 12.7 Å². The molecule has 4 nitrogen and oxygen atoms in total. The highest BCUT2D eigenvalue weighted by Gasteiger charge is 2.24. The van der Waals surface area contributed by atoms with Crippen molar-refractivity contribution in [3.8, 4) is 0 Å². The molecule has 0 aliphatic carbocycles. The Kier molecular flexibility index (Phi) is 5.19. The largest absolute Gasteiger partial charge is 0.375 e. The van der Waals surface area contributed by atoms with Crippen LogP contribution in [0.5, 0.6) is 0 Å². The summed E-state index contributed by atoms with van der Waals surface area (Å²) in [4.78, 5) is 13.6. The number of hydrogen-bond acceptors (Lipinski definition) is 3. The maximum absolute atomic E-state index is 11.8. The van der Waals surface area contributed by atoms with E-state index >= 15 is 0 Å². The minimum absolute atomic E-state index is 0.00513. The number of carbonyl (C=O) groups is 1. The van der Waals surface area contributed by atoms with Crippen molar-refractivity contribution < 1.29 is 14.3 Å². The Labute approximate surface area is 118 Å². The number of halogens is 1. The van der Waals surface area contributed by atoms with E-state index in [-0.39, 0.29) is 18.6 Å². The van der Waals surface area contributed by atoms with Crippen LogP contribution in [0.25, 0.3) is 0 Å². The third-order valence-electron chi connectivity index (χ3n) is 3.16. The van der Waals surface area contributed by atoms with E-state index in [2.05, 4.69) is 0 Å². The maximum Gasteiger partial charge on any atom is 0.248 e. The second-order valence-corrected chi connectivity index (χ2v) is 4.97. The van der Waals surface area contributed by atoms with Crippen LogP contribution in [0, 0.1) is 0 Å². The predicted molar refractivity (Wildman–Crippen MR) is 73.4 cm³/mol. The molecule has 1 aliphatic heterocycles. The topological polar surface area (TPSA) is 38.8 Å². The molecular formula is C14H18ClNO3. The average molecular weight is 284 g/mol. The van der Waals surface area contributed by atoms with Crippen LogP contribution < -0.4 is 0 Å². The molecule has 1 atom stereocenters. The Morgan fingerprint density at radius 2 is 2.32 bits per heavy atom. The summed E-state index contributed by atoms with van der Waals surface area (Å²) in [6.07, 6.45) is 0.714. The van der Waals surface area contributed by atoms with Gasteiger partial charge in [-0.1, -0.05) is 29.8 Å². The third kappa shape index (κ3) is 3.93. The highest BCUT2D eigenvalue weighted by Crippen LogP contribution is 2.19. The lowest BCUT2D eigenvalue weighted by Crippen LogP contribution is -2.47. The van der Waals surface area contributed by atoms with Crippen molar-refractivity contribution in [2.45, 2.75) is 12.5 Å². The van der Waals surface area contributed by atoms with E-state index in [1.807, 2.05) is 24.3 Å².